The molecule has 0 saturated carbocycles. The summed E-state index contributed by atoms with van der Waals surface area (Å²) in [7, 11) is 1.58. The highest BCUT2D eigenvalue weighted by molar-refractivity contribution is 8.14. The van der Waals surface area contributed by atoms with E-state index in [1.165, 1.54) is 23.1 Å². The minimum atomic E-state index is -0.581. The second-order valence-electron chi connectivity index (χ2n) is 4.91. The summed E-state index contributed by atoms with van der Waals surface area (Å²) in [5, 5.41) is 13.6. The van der Waals surface area contributed by atoms with Crippen LogP contribution in [-0.2, 0) is 4.79 Å². The van der Waals surface area contributed by atoms with E-state index in [-0.39, 0.29) is 22.4 Å². The molecular weight excluding hydrogens is 366 g/mol. The van der Waals surface area contributed by atoms with Gasteiger partial charge in [0.15, 0.2) is 0 Å². The molecule has 2 amide bonds. The quantitative estimate of drug-likeness (QED) is 0.621. The van der Waals surface area contributed by atoms with E-state index in [1.54, 1.807) is 37.4 Å². The molecule has 0 aliphatic heterocycles. The molecule has 0 aliphatic rings. The number of rotatable bonds is 5. The molecule has 0 heterocycles. The zero-order valence-corrected chi connectivity index (χ0v) is 14.7. The number of carbonyl (C=O) groups is 2. The highest BCUT2D eigenvalue weighted by Gasteiger charge is 2.17. The number of nitrogens with one attached hydrogen (secondary N) is 1. The summed E-state index contributed by atoms with van der Waals surface area (Å²) in [6, 6.07) is 12.5. The van der Waals surface area contributed by atoms with E-state index < -0.39 is 10.8 Å². The molecule has 0 radical (unpaired) electrons. The van der Waals surface area contributed by atoms with Gasteiger partial charge in [0.2, 0.25) is 5.91 Å². The summed E-state index contributed by atoms with van der Waals surface area (Å²) in [5.41, 5.74) is 0.531. The number of hydrogen-bond acceptors (Lipinski definition) is 5. The van der Waals surface area contributed by atoms with Crippen molar-refractivity contribution in [2.45, 2.75) is 0 Å². The van der Waals surface area contributed by atoms with Crippen LogP contribution in [-0.4, -0.2) is 28.9 Å². The molecule has 0 spiro atoms. The molecule has 0 atom stereocenters. The second-order valence-corrected chi connectivity index (χ2v) is 6.28. The molecule has 0 fully saturated rings. The monoisotopic (exact) mass is 379 g/mol. The number of para-hydroxylation sites is 2. The van der Waals surface area contributed by atoms with Gasteiger partial charge in [0.1, 0.15) is 5.69 Å². The summed E-state index contributed by atoms with van der Waals surface area (Å²) >= 11 is 6.60. The van der Waals surface area contributed by atoms with Crippen molar-refractivity contribution in [3.63, 3.8) is 0 Å². The fraction of sp³-hybridized carbons (Fsp3) is 0.125. The van der Waals surface area contributed by atoms with Crippen molar-refractivity contribution in [3.05, 3.63) is 63.7 Å². The van der Waals surface area contributed by atoms with Crippen LogP contribution in [0.1, 0.15) is 0 Å². The van der Waals surface area contributed by atoms with Crippen molar-refractivity contribution < 1.29 is 14.5 Å². The SMILES string of the molecule is CN(C(=O)SCC(=O)Nc1ccccc1[N+](=O)[O-])c1ccc(Cl)cc1. The van der Waals surface area contributed by atoms with Gasteiger partial charge in [-0.05, 0) is 30.3 Å². The zero-order valence-electron chi connectivity index (χ0n) is 13.1. The lowest BCUT2D eigenvalue weighted by molar-refractivity contribution is -0.383. The van der Waals surface area contributed by atoms with Crippen LogP contribution in [0.25, 0.3) is 0 Å². The summed E-state index contributed by atoms with van der Waals surface area (Å²) in [4.78, 5) is 35.8. The number of nitro groups is 1. The fourth-order valence-electron chi connectivity index (χ4n) is 1.92. The lowest BCUT2D eigenvalue weighted by Gasteiger charge is -2.16. The Morgan fingerprint density at radius 1 is 1.20 bits per heavy atom. The summed E-state index contributed by atoms with van der Waals surface area (Å²) in [6.07, 6.45) is 0. The summed E-state index contributed by atoms with van der Waals surface area (Å²) < 4.78 is 0. The number of carbonyl (C=O) groups excluding carboxylic acids is 2. The van der Waals surface area contributed by atoms with Crippen molar-refractivity contribution in [2.75, 3.05) is 23.0 Å². The smallest absolute Gasteiger partial charge is 0.292 e. The number of anilines is 2. The predicted molar refractivity (Wildman–Crippen MR) is 99.4 cm³/mol. The number of benzene rings is 2. The molecule has 130 valence electrons. The molecular formula is C16H14ClN3O4S. The first-order valence-corrected chi connectivity index (χ1v) is 8.44. The van der Waals surface area contributed by atoms with Crippen molar-refractivity contribution in [3.8, 4) is 0 Å². The number of nitrogens with zero attached hydrogens (tertiary/aromatic N) is 2. The molecule has 0 aromatic heterocycles. The van der Waals surface area contributed by atoms with Gasteiger partial charge < -0.3 is 10.2 Å². The Morgan fingerprint density at radius 2 is 1.84 bits per heavy atom. The third-order valence-corrected chi connectivity index (χ3v) is 4.37. The fourth-order valence-corrected chi connectivity index (χ4v) is 2.67. The zero-order chi connectivity index (χ0) is 18.4. The van der Waals surface area contributed by atoms with Gasteiger partial charge in [0, 0.05) is 23.8 Å². The van der Waals surface area contributed by atoms with Gasteiger partial charge in [0.25, 0.3) is 10.9 Å². The van der Waals surface area contributed by atoms with Crippen molar-refractivity contribution >= 4 is 51.6 Å². The minimum Gasteiger partial charge on any atom is -0.320 e. The third-order valence-electron chi connectivity index (χ3n) is 3.19. The molecule has 7 nitrogen and oxygen atoms in total. The first kappa shape index (κ1) is 18.8. The Hall–Kier alpha value is -2.58. The van der Waals surface area contributed by atoms with E-state index in [0.717, 1.165) is 11.8 Å². The summed E-state index contributed by atoms with van der Waals surface area (Å²) in [5.74, 6) is -0.667. The van der Waals surface area contributed by atoms with E-state index in [9.17, 15) is 19.7 Å². The highest BCUT2D eigenvalue weighted by atomic mass is 35.5. The largest absolute Gasteiger partial charge is 0.320 e. The number of thioether (sulfide) groups is 1. The molecule has 0 bridgehead atoms. The molecule has 25 heavy (non-hydrogen) atoms. The van der Waals surface area contributed by atoms with Crippen LogP contribution in [0.3, 0.4) is 0 Å². The average molecular weight is 380 g/mol. The Kier molecular flexibility index (Phi) is 6.37. The van der Waals surface area contributed by atoms with Crippen molar-refractivity contribution in [1.82, 2.24) is 0 Å². The molecule has 0 aliphatic carbocycles. The van der Waals surface area contributed by atoms with E-state index in [1.807, 2.05) is 0 Å². The Morgan fingerprint density at radius 3 is 2.48 bits per heavy atom. The van der Waals surface area contributed by atoms with Crippen LogP contribution in [0.5, 0.6) is 0 Å². The maximum absolute atomic E-state index is 12.1. The lowest BCUT2D eigenvalue weighted by Crippen LogP contribution is -2.24. The van der Waals surface area contributed by atoms with Gasteiger partial charge in [-0.2, -0.15) is 0 Å². The molecule has 0 saturated heterocycles. The number of hydrogen-bond donors (Lipinski definition) is 1. The van der Waals surface area contributed by atoms with Gasteiger partial charge in [-0.25, -0.2) is 0 Å². The molecule has 2 aromatic rings. The van der Waals surface area contributed by atoms with Gasteiger partial charge in [-0.1, -0.05) is 35.5 Å². The first-order chi connectivity index (χ1) is 11.9. The molecule has 0 unspecified atom stereocenters. The Bertz CT molecular complexity index is 798. The molecule has 1 N–H and O–H groups in total. The van der Waals surface area contributed by atoms with Crippen LogP contribution in [0.15, 0.2) is 48.5 Å². The number of halogens is 1. The standard InChI is InChI=1S/C16H14ClN3O4S/c1-19(12-8-6-11(17)7-9-12)16(22)25-10-15(21)18-13-4-2-3-5-14(13)20(23)24/h2-9H,10H2,1H3,(H,18,21). The predicted octanol–water partition coefficient (Wildman–Crippen LogP) is 4.18. The van der Waals surface area contributed by atoms with Crippen LogP contribution >= 0.6 is 23.4 Å². The Balaban J connectivity index is 1.92. The Labute approximate surface area is 153 Å². The van der Waals surface area contributed by atoms with E-state index in [2.05, 4.69) is 5.32 Å². The second kappa shape index (κ2) is 8.50. The van der Waals surface area contributed by atoms with Crippen LogP contribution in [0.4, 0.5) is 21.9 Å². The van der Waals surface area contributed by atoms with Crippen LogP contribution in [0.2, 0.25) is 5.02 Å². The van der Waals surface area contributed by atoms with E-state index >= 15 is 0 Å². The van der Waals surface area contributed by atoms with Crippen molar-refractivity contribution in [1.29, 1.82) is 0 Å². The van der Waals surface area contributed by atoms with E-state index in [0.29, 0.717) is 10.7 Å². The molecule has 2 aromatic carbocycles. The van der Waals surface area contributed by atoms with Crippen LogP contribution in [0, 0.1) is 10.1 Å². The van der Waals surface area contributed by atoms with E-state index in [4.69, 9.17) is 11.6 Å². The van der Waals surface area contributed by atoms with Gasteiger partial charge in [0.05, 0.1) is 10.7 Å². The number of amides is 2. The van der Waals surface area contributed by atoms with Gasteiger partial charge in [-0.15, -0.1) is 0 Å². The molecule has 9 heteroatoms. The summed E-state index contributed by atoms with van der Waals surface area (Å²) in [6.45, 7) is 0. The normalized spacial score (nSPS) is 10.2. The average Bonchev–Trinajstić information content (AvgIpc) is 2.60. The first-order valence-electron chi connectivity index (χ1n) is 7.08. The minimum absolute atomic E-state index is 0.0941. The van der Waals surface area contributed by atoms with Crippen molar-refractivity contribution in [2.24, 2.45) is 0 Å². The third kappa shape index (κ3) is 5.20. The van der Waals surface area contributed by atoms with Gasteiger partial charge in [-0.3, -0.25) is 19.7 Å². The van der Waals surface area contributed by atoms with Crippen LogP contribution < -0.4 is 10.2 Å². The maximum Gasteiger partial charge on any atom is 0.292 e. The lowest BCUT2D eigenvalue weighted by atomic mass is 10.2. The van der Waals surface area contributed by atoms with Gasteiger partial charge >= 0.3 is 0 Å². The molecule has 2 rings (SSSR count). The maximum atomic E-state index is 12.1. The highest BCUT2D eigenvalue weighted by Crippen LogP contribution is 2.24. The topological polar surface area (TPSA) is 92.6 Å². The number of nitro benzene ring substituents is 1.